The first-order valence-corrected chi connectivity index (χ1v) is 15.9. The third kappa shape index (κ3) is 6.74. The molecule has 43 heavy (non-hydrogen) atoms. The Morgan fingerprint density at radius 2 is 1.40 bits per heavy atom. The molecule has 7 N–H and O–H groups in total. The second-order valence-electron chi connectivity index (χ2n) is 14.9. The molecule has 0 amide bonds. The smallest absolute Gasteiger partial charge is 0.187 e. The monoisotopic (exact) mass is 616 g/mol. The van der Waals surface area contributed by atoms with Gasteiger partial charge in [-0.25, -0.2) is 0 Å². The molecule has 0 aromatic heterocycles. The highest BCUT2D eigenvalue weighted by Gasteiger charge is 2.59. The van der Waals surface area contributed by atoms with Crippen LogP contribution in [0.5, 0.6) is 0 Å². The van der Waals surface area contributed by atoms with Gasteiger partial charge in [0.05, 0.1) is 30.0 Å². The third-order valence-corrected chi connectivity index (χ3v) is 11.5. The second-order valence-corrected chi connectivity index (χ2v) is 14.9. The second kappa shape index (κ2) is 12.8. The van der Waals surface area contributed by atoms with Crippen LogP contribution in [-0.4, -0.2) is 115 Å². The molecule has 0 radical (unpaired) electrons. The van der Waals surface area contributed by atoms with E-state index in [9.17, 15) is 35.7 Å². The summed E-state index contributed by atoms with van der Waals surface area (Å²) in [6.45, 7) is 15.7. The normalized spacial score (nSPS) is 52.2. The highest BCUT2D eigenvalue weighted by atomic mass is 16.7. The average Bonchev–Trinajstić information content (AvgIpc) is 2.94. The molecule has 0 spiro atoms. The summed E-state index contributed by atoms with van der Waals surface area (Å²) in [5.41, 5.74) is -2.39. The molecule has 2 saturated heterocycles. The van der Waals surface area contributed by atoms with Crippen LogP contribution >= 0.6 is 0 Å². The van der Waals surface area contributed by atoms with Gasteiger partial charge < -0.3 is 54.7 Å². The number of ether oxygens (including phenoxy) is 4. The van der Waals surface area contributed by atoms with Crippen LogP contribution in [0.4, 0.5) is 0 Å². The van der Waals surface area contributed by atoms with Crippen LogP contribution in [0.1, 0.15) is 86.5 Å². The first kappa shape index (κ1) is 35.2. The molecular formula is C32H56O11. The van der Waals surface area contributed by atoms with Crippen LogP contribution in [0.15, 0.2) is 12.7 Å². The van der Waals surface area contributed by atoms with E-state index in [-0.39, 0.29) is 22.7 Å². The number of hydrogen-bond donors (Lipinski definition) is 7. The van der Waals surface area contributed by atoms with Gasteiger partial charge in [0.15, 0.2) is 12.6 Å². The minimum atomic E-state index is -1.43. The maximum Gasteiger partial charge on any atom is 0.187 e. The van der Waals surface area contributed by atoms with Crippen molar-refractivity contribution in [3.8, 4) is 0 Å². The molecule has 16 unspecified atom stereocenters. The van der Waals surface area contributed by atoms with E-state index in [0.717, 1.165) is 25.7 Å². The van der Waals surface area contributed by atoms with Crippen LogP contribution in [-0.2, 0) is 18.9 Å². The molecule has 2 aliphatic carbocycles. The Morgan fingerprint density at radius 3 is 1.98 bits per heavy atom. The number of hydrogen-bond acceptors (Lipinski definition) is 11. The fourth-order valence-corrected chi connectivity index (χ4v) is 8.69. The van der Waals surface area contributed by atoms with Gasteiger partial charge in [0.25, 0.3) is 0 Å². The zero-order valence-corrected chi connectivity index (χ0v) is 26.6. The van der Waals surface area contributed by atoms with Gasteiger partial charge in [-0.2, -0.15) is 0 Å². The first-order valence-electron chi connectivity index (χ1n) is 15.9. The predicted octanol–water partition coefficient (Wildman–Crippen LogP) is 1.37. The standard InChI is InChI=1S/C32H56O11/c1-8-30(5,43-28-26(38)24(36)22(34)18(3)42-28)14-10-20-31(6)13-9-12-29(4,19(31)11-15-32(20,7)39)16-40-27-25(37)23(35)21(33)17(2)41-27/h8,17-28,33-39H,1,9-16H2,2-7H3. The van der Waals surface area contributed by atoms with Crippen LogP contribution in [0, 0.1) is 22.7 Å². The maximum atomic E-state index is 11.8. The van der Waals surface area contributed by atoms with Gasteiger partial charge in [-0.3, -0.25) is 0 Å². The number of fused-ring (bicyclic) bond motifs is 1. The van der Waals surface area contributed by atoms with Gasteiger partial charge in [0.1, 0.15) is 36.6 Å². The maximum absolute atomic E-state index is 11.8. The van der Waals surface area contributed by atoms with Crippen molar-refractivity contribution in [2.45, 2.75) is 159 Å². The highest BCUT2D eigenvalue weighted by molar-refractivity contribution is 5.09. The fraction of sp³-hybridized carbons (Fsp3) is 0.938. The van der Waals surface area contributed by atoms with E-state index in [1.54, 1.807) is 19.9 Å². The molecule has 2 heterocycles. The summed E-state index contributed by atoms with van der Waals surface area (Å²) in [5.74, 6) is 0.0998. The van der Waals surface area contributed by atoms with Crippen LogP contribution in [0.25, 0.3) is 0 Å². The van der Waals surface area contributed by atoms with Crippen molar-refractivity contribution in [1.29, 1.82) is 0 Å². The summed E-state index contributed by atoms with van der Waals surface area (Å²) in [7, 11) is 0. The van der Waals surface area contributed by atoms with Crippen molar-refractivity contribution < 1.29 is 54.7 Å². The zero-order chi connectivity index (χ0) is 32.1. The lowest BCUT2D eigenvalue weighted by molar-refractivity contribution is -0.314. The molecule has 4 rings (SSSR count). The topological polar surface area (TPSA) is 179 Å². The lowest BCUT2D eigenvalue weighted by Crippen LogP contribution is -2.61. The molecule has 4 aliphatic rings. The number of aliphatic hydroxyl groups excluding tert-OH is 6. The Labute approximate surface area is 255 Å². The lowest BCUT2D eigenvalue weighted by Gasteiger charge is -2.62. The Kier molecular flexibility index (Phi) is 10.5. The summed E-state index contributed by atoms with van der Waals surface area (Å²) in [6, 6.07) is 0. The van der Waals surface area contributed by atoms with E-state index in [2.05, 4.69) is 20.4 Å². The number of rotatable bonds is 9. The Balaban J connectivity index is 1.48. The molecule has 0 bridgehead atoms. The Hall–Kier alpha value is -0.700. The van der Waals surface area contributed by atoms with E-state index < -0.39 is 72.6 Å². The summed E-state index contributed by atoms with van der Waals surface area (Å²) < 4.78 is 23.7. The van der Waals surface area contributed by atoms with Crippen LogP contribution in [0.2, 0.25) is 0 Å². The predicted molar refractivity (Wildman–Crippen MR) is 156 cm³/mol. The van der Waals surface area contributed by atoms with Gasteiger partial charge in [0, 0.05) is 0 Å². The molecule has 2 aliphatic heterocycles. The summed E-state index contributed by atoms with van der Waals surface area (Å²) in [5, 5.41) is 73.5. The highest BCUT2D eigenvalue weighted by Crippen LogP contribution is 2.63. The van der Waals surface area contributed by atoms with Crippen molar-refractivity contribution in [2.75, 3.05) is 6.61 Å². The van der Waals surface area contributed by atoms with Crippen LogP contribution in [0.3, 0.4) is 0 Å². The van der Waals surface area contributed by atoms with Crippen molar-refractivity contribution in [1.82, 2.24) is 0 Å². The molecule has 250 valence electrons. The van der Waals surface area contributed by atoms with Crippen molar-refractivity contribution in [3.63, 3.8) is 0 Å². The van der Waals surface area contributed by atoms with Gasteiger partial charge >= 0.3 is 0 Å². The SMILES string of the molecule is C=CC(C)(CCC1C(C)(O)CCC2C(C)(COC3OC(C)C(O)C(O)C3O)CCCC12C)OC1OC(C)C(O)C(O)C1O. The van der Waals surface area contributed by atoms with E-state index in [1.807, 2.05) is 13.8 Å². The minimum Gasteiger partial charge on any atom is -0.390 e. The Morgan fingerprint density at radius 1 is 0.837 bits per heavy atom. The minimum absolute atomic E-state index is 0.0988. The van der Waals surface area contributed by atoms with Crippen molar-refractivity contribution in [2.24, 2.45) is 22.7 Å². The van der Waals surface area contributed by atoms with Gasteiger partial charge in [-0.05, 0) is 88.9 Å². The summed E-state index contributed by atoms with van der Waals surface area (Å²) >= 11 is 0. The first-order chi connectivity index (χ1) is 19.9. The van der Waals surface area contributed by atoms with Crippen LogP contribution < -0.4 is 0 Å². The zero-order valence-electron chi connectivity index (χ0n) is 26.6. The molecule has 0 aromatic carbocycles. The largest absolute Gasteiger partial charge is 0.390 e. The molecule has 11 nitrogen and oxygen atoms in total. The summed E-state index contributed by atoms with van der Waals surface area (Å²) in [4.78, 5) is 0. The average molecular weight is 617 g/mol. The molecule has 4 fully saturated rings. The molecule has 16 atom stereocenters. The van der Waals surface area contributed by atoms with E-state index in [1.165, 1.54) is 0 Å². The van der Waals surface area contributed by atoms with E-state index in [0.29, 0.717) is 25.9 Å². The molecule has 0 aromatic rings. The third-order valence-electron chi connectivity index (χ3n) is 11.5. The van der Waals surface area contributed by atoms with Gasteiger partial charge in [-0.1, -0.05) is 26.3 Å². The molecule has 2 saturated carbocycles. The van der Waals surface area contributed by atoms with E-state index >= 15 is 0 Å². The lowest BCUT2D eigenvalue weighted by atomic mass is 9.44. The van der Waals surface area contributed by atoms with Crippen molar-refractivity contribution >= 4 is 0 Å². The Bertz CT molecular complexity index is 964. The molecule has 11 heteroatoms. The quantitative estimate of drug-likeness (QED) is 0.186. The van der Waals surface area contributed by atoms with Gasteiger partial charge in [0.2, 0.25) is 0 Å². The summed E-state index contributed by atoms with van der Waals surface area (Å²) in [6.07, 6.45) is -4.66. The van der Waals surface area contributed by atoms with E-state index in [4.69, 9.17) is 18.9 Å². The molecular weight excluding hydrogens is 560 g/mol. The van der Waals surface area contributed by atoms with Crippen molar-refractivity contribution in [3.05, 3.63) is 12.7 Å². The number of aliphatic hydroxyl groups is 7. The van der Waals surface area contributed by atoms with Gasteiger partial charge in [-0.15, -0.1) is 6.58 Å². The fourth-order valence-electron chi connectivity index (χ4n) is 8.69.